The van der Waals surface area contributed by atoms with Crippen molar-refractivity contribution in [1.29, 1.82) is 0 Å². The van der Waals surface area contributed by atoms with E-state index in [1.807, 2.05) is 24.3 Å². The highest BCUT2D eigenvalue weighted by Crippen LogP contribution is 2.42. The Bertz CT molecular complexity index is 782. The van der Waals surface area contributed by atoms with E-state index in [0.717, 1.165) is 31.8 Å². The van der Waals surface area contributed by atoms with Crippen LogP contribution in [0.2, 0.25) is 0 Å². The van der Waals surface area contributed by atoms with E-state index in [-0.39, 0.29) is 11.9 Å². The van der Waals surface area contributed by atoms with E-state index >= 15 is 0 Å². The summed E-state index contributed by atoms with van der Waals surface area (Å²) in [6.45, 7) is 3.05. The minimum Gasteiger partial charge on any atom is -0.376 e. The highest BCUT2D eigenvalue weighted by molar-refractivity contribution is 5.95. The molecule has 0 bridgehead atoms. The number of hydrogen-bond acceptors (Lipinski definition) is 5. The number of carbonyl (C=O) groups excluding carboxylic acids is 1. The van der Waals surface area contributed by atoms with Gasteiger partial charge in [0.25, 0.3) is 5.91 Å². The van der Waals surface area contributed by atoms with Crippen LogP contribution < -0.4 is 5.32 Å². The molecule has 1 N–H and O–H groups in total. The summed E-state index contributed by atoms with van der Waals surface area (Å²) in [5.74, 6) is 0.435. The zero-order valence-corrected chi connectivity index (χ0v) is 14.6. The normalized spacial score (nSPS) is 30.8. The van der Waals surface area contributed by atoms with E-state index in [1.165, 1.54) is 12.8 Å². The van der Waals surface area contributed by atoms with Crippen LogP contribution in [0.1, 0.15) is 29.6 Å². The molecule has 0 radical (unpaired) electrons. The van der Waals surface area contributed by atoms with Gasteiger partial charge in [0, 0.05) is 23.8 Å². The minimum absolute atomic E-state index is 0.0144. The number of amides is 1. The Hall–Kier alpha value is -2.25. The summed E-state index contributed by atoms with van der Waals surface area (Å²) in [4.78, 5) is 15.4. The molecule has 1 amide bonds. The first-order valence-electron chi connectivity index (χ1n) is 9.43. The van der Waals surface area contributed by atoms with Gasteiger partial charge in [-0.1, -0.05) is 6.07 Å². The number of nitrogens with zero attached hydrogens (tertiary/aromatic N) is 4. The maximum atomic E-state index is 12.9. The Kier molecular flexibility index (Phi) is 3.98. The predicted octanol–water partition coefficient (Wildman–Crippen LogP) is 1.25. The molecule has 7 heteroatoms. The fraction of sp³-hybridized carbons (Fsp3) is 0.526. The van der Waals surface area contributed by atoms with Gasteiger partial charge in [-0.25, -0.2) is 0 Å². The summed E-state index contributed by atoms with van der Waals surface area (Å²) in [7, 11) is 0. The summed E-state index contributed by atoms with van der Waals surface area (Å²) >= 11 is 0. The predicted molar refractivity (Wildman–Crippen MR) is 95.1 cm³/mol. The third-order valence-electron chi connectivity index (χ3n) is 6.03. The molecule has 5 rings (SSSR count). The van der Waals surface area contributed by atoms with Gasteiger partial charge in [-0.15, -0.1) is 10.2 Å². The van der Waals surface area contributed by atoms with Crippen LogP contribution in [0.5, 0.6) is 0 Å². The topological polar surface area (TPSA) is 72.3 Å². The van der Waals surface area contributed by atoms with Crippen molar-refractivity contribution in [3.05, 3.63) is 42.5 Å². The third kappa shape index (κ3) is 2.62. The molecule has 3 aliphatic rings. The van der Waals surface area contributed by atoms with Crippen molar-refractivity contribution in [2.75, 3.05) is 19.7 Å². The molecule has 2 aromatic rings. The average Bonchev–Trinajstić information content (AvgIpc) is 3.42. The van der Waals surface area contributed by atoms with E-state index in [2.05, 4.69) is 20.4 Å². The summed E-state index contributed by atoms with van der Waals surface area (Å²) < 4.78 is 7.75. The maximum absolute atomic E-state index is 12.9. The zero-order valence-electron chi connectivity index (χ0n) is 14.6. The number of ether oxygens (including phenoxy) is 1. The first kappa shape index (κ1) is 16.0. The zero-order chi connectivity index (χ0) is 17.5. The molecule has 0 unspecified atom stereocenters. The monoisotopic (exact) mass is 353 g/mol. The van der Waals surface area contributed by atoms with Crippen LogP contribution in [-0.2, 0) is 4.74 Å². The van der Waals surface area contributed by atoms with Crippen LogP contribution in [0.4, 0.5) is 0 Å². The Morgan fingerprint density at radius 1 is 1.19 bits per heavy atom. The van der Waals surface area contributed by atoms with Crippen LogP contribution in [0.25, 0.3) is 5.69 Å². The van der Waals surface area contributed by atoms with Crippen LogP contribution in [0.3, 0.4) is 0 Å². The summed E-state index contributed by atoms with van der Waals surface area (Å²) in [6, 6.07) is 8.09. The second kappa shape index (κ2) is 6.48. The molecule has 1 aromatic carbocycles. The molecular weight excluding hydrogens is 330 g/mol. The molecule has 7 nitrogen and oxygen atoms in total. The van der Waals surface area contributed by atoms with Gasteiger partial charge < -0.3 is 10.1 Å². The van der Waals surface area contributed by atoms with Gasteiger partial charge in [0.15, 0.2) is 0 Å². The Labute approximate surface area is 152 Å². The van der Waals surface area contributed by atoms with Gasteiger partial charge in [-0.3, -0.25) is 14.3 Å². The molecular formula is C19H23N5O2. The van der Waals surface area contributed by atoms with Gasteiger partial charge in [0.2, 0.25) is 0 Å². The number of benzene rings is 1. The fourth-order valence-corrected chi connectivity index (χ4v) is 4.72. The second-order valence-electron chi connectivity index (χ2n) is 7.44. The van der Waals surface area contributed by atoms with Crippen molar-refractivity contribution in [1.82, 2.24) is 25.0 Å². The molecule has 1 aromatic heterocycles. The lowest BCUT2D eigenvalue weighted by Crippen LogP contribution is -2.70. The molecule has 2 aliphatic heterocycles. The van der Waals surface area contributed by atoms with Crippen molar-refractivity contribution in [2.24, 2.45) is 5.92 Å². The van der Waals surface area contributed by atoms with Crippen LogP contribution in [-0.4, -0.2) is 63.5 Å². The molecule has 3 fully saturated rings. The van der Waals surface area contributed by atoms with Crippen molar-refractivity contribution in [3.63, 3.8) is 0 Å². The Morgan fingerprint density at radius 3 is 2.81 bits per heavy atom. The second-order valence-corrected chi connectivity index (χ2v) is 7.44. The van der Waals surface area contributed by atoms with Crippen molar-refractivity contribution < 1.29 is 9.53 Å². The standard InChI is InChI=1S/C19H23N5O2/c25-19(13-4-3-5-14(10-13)24-11-20-21-12-24)22-16-15-6-9-26-18(15)17(16)23-7-1-2-8-23/h3-5,10-12,15-18H,1-2,6-9H2,(H,22,25)/t15-,16+,17-,18-/m1/s1. The van der Waals surface area contributed by atoms with Gasteiger partial charge in [-0.2, -0.15) is 0 Å². The lowest BCUT2D eigenvalue weighted by molar-refractivity contribution is -0.0747. The Balaban J connectivity index is 1.34. The van der Waals surface area contributed by atoms with Gasteiger partial charge in [-0.05, 0) is 50.6 Å². The first-order valence-corrected chi connectivity index (χ1v) is 9.43. The average molecular weight is 353 g/mol. The largest absolute Gasteiger partial charge is 0.376 e. The molecule has 26 heavy (non-hydrogen) atoms. The number of likely N-dealkylation sites (tertiary alicyclic amines) is 1. The maximum Gasteiger partial charge on any atom is 0.251 e. The lowest BCUT2D eigenvalue weighted by Gasteiger charge is -2.51. The summed E-state index contributed by atoms with van der Waals surface area (Å²) in [5.41, 5.74) is 1.55. The van der Waals surface area contributed by atoms with E-state index in [1.54, 1.807) is 17.2 Å². The van der Waals surface area contributed by atoms with Gasteiger partial charge in [0.05, 0.1) is 18.2 Å². The fourth-order valence-electron chi connectivity index (χ4n) is 4.72. The molecule has 0 spiro atoms. The molecule has 4 atom stereocenters. The van der Waals surface area contributed by atoms with Gasteiger partial charge >= 0.3 is 0 Å². The van der Waals surface area contributed by atoms with Crippen LogP contribution >= 0.6 is 0 Å². The summed E-state index contributed by atoms with van der Waals surface area (Å²) in [5, 5.41) is 11.0. The molecule has 1 saturated carbocycles. The Morgan fingerprint density at radius 2 is 2.00 bits per heavy atom. The van der Waals surface area contributed by atoms with Crippen LogP contribution in [0, 0.1) is 5.92 Å². The van der Waals surface area contributed by atoms with Crippen molar-refractivity contribution >= 4 is 5.91 Å². The number of nitrogens with one attached hydrogen (secondary N) is 1. The first-order chi connectivity index (χ1) is 12.8. The molecule has 1 aliphatic carbocycles. The van der Waals surface area contributed by atoms with E-state index in [0.29, 0.717) is 23.6 Å². The minimum atomic E-state index is -0.0144. The van der Waals surface area contributed by atoms with E-state index < -0.39 is 0 Å². The SMILES string of the molecule is O=C(N[C@H]1[C@H]2CCO[C@H]2[C@@H]1N1CCCC1)c1cccc(-n2cnnc2)c1. The molecule has 3 heterocycles. The number of aromatic nitrogens is 3. The highest BCUT2D eigenvalue weighted by atomic mass is 16.5. The third-order valence-corrected chi connectivity index (χ3v) is 6.03. The smallest absolute Gasteiger partial charge is 0.251 e. The van der Waals surface area contributed by atoms with E-state index in [9.17, 15) is 4.79 Å². The quantitative estimate of drug-likeness (QED) is 0.896. The van der Waals surface area contributed by atoms with Crippen molar-refractivity contribution in [3.8, 4) is 5.69 Å². The molecule has 136 valence electrons. The number of hydrogen-bond donors (Lipinski definition) is 1. The van der Waals surface area contributed by atoms with Gasteiger partial charge in [0.1, 0.15) is 12.7 Å². The van der Waals surface area contributed by atoms with E-state index in [4.69, 9.17) is 4.74 Å². The summed E-state index contributed by atoms with van der Waals surface area (Å²) in [6.07, 6.45) is 7.09. The lowest BCUT2D eigenvalue weighted by atomic mass is 9.70. The van der Waals surface area contributed by atoms with Crippen LogP contribution in [0.15, 0.2) is 36.9 Å². The highest BCUT2D eigenvalue weighted by Gasteiger charge is 2.56. The number of rotatable bonds is 4. The molecule has 2 saturated heterocycles. The van der Waals surface area contributed by atoms with Crippen molar-refractivity contribution in [2.45, 2.75) is 37.5 Å². The number of carbonyl (C=O) groups is 1. The number of fused-ring (bicyclic) bond motifs is 1.